The lowest BCUT2D eigenvalue weighted by Gasteiger charge is -1.97. The van der Waals surface area contributed by atoms with Crippen molar-refractivity contribution in [3.63, 3.8) is 0 Å². The van der Waals surface area contributed by atoms with Crippen LogP contribution in [-0.4, -0.2) is 21.2 Å². The van der Waals surface area contributed by atoms with Gasteiger partial charge in [-0.05, 0) is 12.1 Å². The zero-order valence-corrected chi connectivity index (χ0v) is 9.73. The van der Waals surface area contributed by atoms with E-state index in [1.807, 2.05) is 0 Å². The van der Waals surface area contributed by atoms with E-state index in [9.17, 15) is 4.79 Å². The lowest BCUT2D eigenvalue weighted by Crippen LogP contribution is -2.01. The van der Waals surface area contributed by atoms with Crippen molar-refractivity contribution in [1.82, 2.24) is 10.1 Å². The maximum absolute atomic E-state index is 11.1. The second-order valence-corrected chi connectivity index (χ2v) is 3.79. The van der Waals surface area contributed by atoms with Crippen molar-refractivity contribution in [2.45, 2.75) is 13.3 Å². The molecule has 6 heteroatoms. The Morgan fingerprint density at radius 2 is 2.29 bits per heavy atom. The van der Waals surface area contributed by atoms with E-state index < -0.39 is 5.97 Å². The molecule has 2 aromatic heterocycles. The van der Waals surface area contributed by atoms with E-state index in [1.165, 1.54) is 6.20 Å². The SMILES string of the molecule is CCc1onc(-c2ccc(Cl)cn2)c1C(=O)O. The molecule has 2 heterocycles. The average Bonchev–Trinajstić information content (AvgIpc) is 2.73. The van der Waals surface area contributed by atoms with Crippen LogP contribution in [0.5, 0.6) is 0 Å². The molecule has 1 N–H and O–H groups in total. The summed E-state index contributed by atoms with van der Waals surface area (Å²) >= 11 is 5.71. The summed E-state index contributed by atoms with van der Waals surface area (Å²) in [6.07, 6.45) is 1.89. The van der Waals surface area contributed by atoms with Crippen LogP contribution in [0.25, 0.3) is 11.4 Å². The Bertz CT molecular complexity index is 548. The molecule has 0 aliphatic rings. The molecule has 17 heavy (non-hydrogen) atoms. The molecular weight excluding hydrogens is 244 g/mol. The Balaban J connectivity index is 2.55. The molecule has 2 rings (SSSR count). The van der Waals surface area contributed by atoms with Crippen molar-refractivity contribution in [2.75, 3.05) is 0 Å². The lowest BCUT2D eigenvalue weighted by molar-refractivity contribution is 0.0695. The number of aryl methyl sites for hydroxylation is 1. The summed E-state index contributed by atoms with van der Waals surface area (Å²) in [7, 11) is 0. The molecule has 0 aliphatic carbocycles. The molecule has 0 spiro atoms. The fourth-order valence-electron chi connectivity index (χ4n) is 1.48. The summed E-state index contributed by atoms with van der Waals surface area (Å²) in [4.78, 5) is 15.2. The highest BCUT2D eigenvalue weighted by molar-refractivity contribution is 6.30. The van der Waals surface area contributed by atoms with Gasteiger partial charge in [-0.2, -0.15) is 0 Å². The van der Waals surface area contributed by atoms with Crippen molar-refractivity contribution < 1.29 is 14.4 Å². The molecule has 2 aromatic rings. The fourth-order valence-corrected chi connectivity index (χ4v) is 1.59. The standard InChI is InChI=1S/C11H9ClN2O3/c1-2-8-9(11(15)16)10(14-17-8)7-4-3-6(12)5-13-7/h3-5H,2H2,1H3,(H,15,16). The van der Waals surface area contributed by atoms with Crippen molar-refractivity contribution in [2.24, 2.45) is 0 Å². The van der Waals surface area contributed by atoms with Gasteiger partial charge in [0.1, 0.15) is 11.3 Å². The maximum atomic E-state index is 11.1. The molecule has 0 amide bonds. The zero-order valence-electron chi connectivity index (χ0n) is 8.98. The molecule has 0 atom stereocenters. The predicted octanol–water partition coefficient (Wildman–Crippen LogP) is 2.65. The highest BCUT2D eigenvalue weighted by Gasteiger charge is 2.22. The van der Waals surface area contributed by atoms with E-state index >= 15 is 0 Å². The summed E-state index contributed by atoms with van der Waals surface area (Å²) in [6.45, 7) is 1.80. The first kappa shape index (κ1) is 11.6. The number of aromatic nitrogens is 2. The first-order valence-corrected chi connectivity index (χ1v) is 5.35. The van der Waals surface area contributed by atoms with Crippen LogP contribution < -0.4 is 0 Å². The van der Waals surface area contributed by atoms with Crippen molar-refractivity contribution in [1.29, 1.82) is 0 Å². The third kappa shape index (κ3) is 2.14. The average molecular weight is 253 g/mol. The van der Waals surface area contributed by atoms with Gasteiger partial charge in [-0.15, -0.1) is 0 Å². The molecule has 88 valence electrons. The van der Waals surface area contributed by atoms with Crippen LogP contribution >= 0.6 is 11.6 Å². The number of pyridine rings is 1. The second-order valence-electron chi connectivity index (χ2n) is 3.35. The Kier molecular flexibility index (Phi) is 3.10. The van der Waals surface area contributed by atoms with Crippen LogP contribution in [0.4, 0.5) is 0 Å². The third-order valence-corrected chi connectivity index (χ3v) is 2.49. The highest BCUT2D eigenvalue weighted by atomic mass is 35.5. The molecule has 0 aromatic carbocycles. The van der Waals surface area contributed by atoms with Gasteiger partial charge in [-0.1, -0.05) is 23.7 Å². The normalized spacial score (nSPS) is 10.5. The fraction of sp³-hybridized carbons (Fsp3) is 0.182. The first-order chi connectivity index (χ1) is 8.13. The van der Waals surface area contributed by atoms with E-state index in [2.05, 4.69) is 10.1 Å². The number of hydrogen-bond acceptors (Lipinski definition) is 4. The van der Waals surface area contributed by atoms with Gasteiger partial charge < -0.3 is 9.63 Å². The molecule has 0 unspecified atom stereocenters. The van der Waals surface area contributed by atoms with Crippen molar-refractivity contribution >= 4 is 17.6 Å². The van der Waals surface area contributed by atoms with Gasteiger partial charge in [0, 0.05) is 12.6 Å². The van der Waals surface area contributed by atoms with Gasteiger partial charge in [0.2, 0.25) is 0 Å². The van der Waals surface area contributed by atoms with E-state index in [0.717, 1.165) is 0 Å². The number of rotatable bonds is 3. The van der Waals surface area contributed by atoms with E-state index in [4.69, 9.17) is 21.2 Å². The molecule has 0 fully saturated rings. The number of nitrogens with zero attached hydrogens (tertiary/aromatic N) is 2. The topological polar surface area (TPSA) is 76.2 Å². The summed E-state index contributed by atoms with van der Waals surface area (Å²) in [5, 5.41) is 13.4. The largest absolute Gasteiger partial charge is 0.477 e. The number of carboxylic acid groups (broad SMARTS) is 1. The van der Waals surface area contributed by atoms with E-state index in [-0.39, 0.29) is 11.3 Å². The Morgan fingerprint density at radius 1 is 1.53 bits per heavy atom. The van der Waals surface area contributed by atoms with Crippen molar-refractivity contribution in [3.8, 4) is 11.4 Å². The number of hydrogen-bond donors (Lipinski definition) is 1. The summed E-state index contributed by atoms with van der Waals surface area (Å²) < 4.78 is 4.99. The maximum Gasteiger partial charge on any atom is 0.341 e. The predicted molar refractivity (Wildman–Crippen MR) is 61.1 cm³/mol. The van der Waals surface area contributed by atoms with Crippen LogP contribution in [0.15, 0.2) is 22.9 Å². The van der Waals surface area contributed by atoms with E-state index in [0.29, 0.717) is 22.9 Å². The Morgan fingerprint density at radius 3 is 2.82 bits per heavy atom. The summed E-state index contributed by atoms with van der Waals surface area (Å²) in [5.74, 6) is -0.737. The van der Waals surface area contributed by atoms with Gasteiger partial charge in [-0.3, -0.25) is 4.98 Å². The number of halogens is 1. The summed E-state index contributed by atoms with van der Waals surface area (Å²) in [5.41, 5.74) is 0.712. The summed E-state index contributed by atoms with van der Waals surface area (Å²) in [6, 6.07) is 3.22. The minimum absolute atomic E-state index is 0.0577. The molecule has 0 aliphatic heterocycles. The van der Waals surface area contributed by atoms with Crippen LogP contribution in [0.1, 0.15) is 23.0 Å². The van der Waals surface area contributed by atoms with Gasteiger partial charge in [-0.25, -0.2) is 4.79 Å². The monoisotopic (exact) mass is 252 g/mol. The molecule has 5 nitrogen and oxygen atoms in total. The van der Waals surface area contributed by atoms with Crippen LogP contribution in [0.2, 0.25) is 5.02 Å². The van der Waals surface area contributed by atoms with Gasteiger partial charge in [0.15, 0.2) is 5.76 Å². The van der Waals surface area contributed by atoms with Gasteiger partial charge in [0.25, 0.3) is 0 Å². The minimum Gasteiger partial charge on any atom is -0.477 e. The quantitative estimate of drug-likeness (QED) is 0.909. The van der Waals surface area contributed by atoms with Crippen LogP contribution in [0.3, 0.4) is 0 Å². The lowest BCUT2D eigenvalue weighted by atomic mass is 10.1. The van der Waals surface area contributed by atoms with Crippen LogP contribution in [0, 0.1) is 0 Å². The smallest absolute Gasteiger partial charge is 0.341 e. The number of carbonyl (C=O) groups is 1. The van der Waals surface area contributed by atoms with Gasteiger partial charge in [0.05, 0.1) is 10.7 Å². The zero-order chi connectivity index (χ0) is 12.4. The molecule has 0 bridgehead atoms. The molecule has 0 radical (unpaired) electrons. The Hall–Kier alpha value is -1.88. The van der Waals surface area contributed by atoms with Gasteiger partial charge >= 0.3 is 5.97 Å². The number of carboxylic acids is 1. The molecular formula is C11H9ClN2O3. The van der Waals surface area contributed by atoms with Crippen LogP contribution in [-0.2, 0) is 6.42 Å². The minimum atomic E-state index is -1.07. The number of aromatic carboxylic acids is 1. The Labute approximate surface area is 102 Å². The van der Waals surface area contributed by atoms with E-state index in [1.54, 1.807) is 19.1 Å². The first-order valence-electron chi connectivity index (χ1n) is 4.97. The van der Waals surface area contributed by atoms with Crippen molar-refractivity contribution in [3.05, 3.63) is 34.7 Å². The molecule has 0 saturated heterocycles. The highest BCUT2D eigenvalue weighted by Crippen LogP contribution is 2.25. The second kappa shape index (κ2) is 4.55. The molecule has 0 saturated carbocycles. The third-order valence-electron chi connectivity index (χ3n) is 2.27.